The van der Waals surface area contributed by atoms with E-state index in [1.165, 1.54) is 0 Å². The van der Waals surface area contributed by atoms with Crippen LogP contribution in [0.2, 0.25) is 0 Å². The molecule has 2 aromatic rings. The van der Waals surface area contributed by atoms with E-state index in [-0.39, 0.29) is 18.4 Å². The van der Waals surface area contributed by atoms with Crippen molar-refractivity contribution < 1.29 is 18.6 Å². The highest BCUT2D eigenvalue weighted by atomic mass is 19.3. The van der Waals surface area contributed by atoms with Gasteiger partial charge in [-0.15, -0.1) is 0 Å². The number of benzene rings is 2. The first-order chi connectivity index (χ1) is 11.1. The molecule has 1 unspecified atom stereocenters. The normalized spacial score (nSPS) is 12.4. The Labute approximate surface area is 134 Å². The largest absolute Gasteiger partial charge is 0.434 e. The molecule has 0 aliphatic carbocycles. The van der Waals surface area contributed by atoms with Gasteiger partial charge in [0.2, 0.25) is 0 Å². The summed E-state index contributed by atoms with van der Waals surface area (Å²) in [7, 11) is 0. The third-order valence-corrected chi connectivity index (χ3v) is 3.68. The van der Waals surface area contributed by atoms with E-state index in [2.05, 4.69) is 10.1 Å². The molecule has 2 rings (SSSR count). The van der Waals surface area contributed by atoms with Crippen LogP contribution in [0.3, 0.4) is 0 Å². The van der Waals surface area contributed by atoms with Gasteiger partial charge in [0.1, 0.15) is 5.75 Å². The molecule has 2 aromatic carbocycles. The fourth-order valence-corrected chi connectivity index (χ4v) is 2.45. The second-order valence-electron chi connectivity index (χ2n) is 5.23. The van der Waals surface area contributed by atoms with Gasteiger partial charge in [-0.25, -0.2) is 0 Å². The number of aliphatic hydroxyl groups is 1. The predicted molar refractivity (Wildman–Crippen MR) is 85.3 cm³/mol. The van der Waals surface area contributed by atoms with Gasteiger partial charge >= 0.3 is 6.61 Å². The number of ether oxygens (including phenoxy) is 1. The Balaban J connectivity index is 2.07. The van der Waals surface area contributed by atoms with Crippen LogP contribution in [0.25, 0.3) is 0 Å². The molecule has 2 N–H and O–H groups in total. The van der Waals surface area contributed by atoms with Gasteiger partial charge in [0.25, 0.3) is 0 Å². The lowest BCUT2D eigenvalue weighted by atomic mass is 10.0. The topological polar surface area (TPSA) is 41.5 Å². The Morgan fingerprint density at radius 1 is 1.04 bits per heavy atom. The standard InChI is InChI=1S/C18H21F2NO2/c1-2-16(15-5-3-4-6-17(15)23-18(19)20)21-11-13-7-9-14(12-22)10-8-13/h3-10,16,18,21-22H,2,11-12H2,1H3. The summed E-state index contributed by atoms with van der Waals surface area (Å²) in [5, 5.41) is 12.4. The zero-order chi connectivity index (χ0) is 16.7. The van der Waals surface area contributed by atoms with Crippen LogP contribution in [-0.4, -0.2) is 11.7 Å². The molecule has 0 saturated carbocycles. The molecule has 5 heteroatoms. The molecule has 0 heterocycles. The van der Waals surface area contributed by atoms with Gasteiger partial charge in [-0.05, 0) is 23.6 Å². The number of hydrogen-bond donors (Lipinski definition) is 2. The molecule has 23 heavy (non-hydrogen) atoms. The molecule has 0 amide bonds. The average molecular weight is 321 g/mol. The van der Waals surface area contributed by atoms with Gasteiger partial charge in [-0.2, -0.15) is 8.78 Å². The van der Waals surface area contributed by atoms with Crippen molar-refractivity contribution >= 4 is 0 Å². The molecule has 1 atom stereocenters. The van der Waals surface area contributed by atoms with E-state index in [1.807, 2.05) is 37.3 Å². The van der Waals surface area contributed by atoms with E-state index in [1.54, 1.807) is 18.2 Å². The van der Waals surface area contributed by atoms with Gasteiger partial charge in [0.05, 0.1) is 6.61 Å². The lowest BCUT2D eigenvalue weighted by Crippen LogP contribution is -2.21. The molecule has 0 radical (unpaired) electrons. The number of alkyl halides is 2. The lowest BCUT2D eigenvalue weighted by Gasteiger charge is -2.20. The lowest BCUT2D eigenvalue weighted by molar-refractivity contribution is -0.0507. The fourth-order valence-electron chi connectivity index (χ4n) is 2.45. The fraction of sp³-hybridized carbons (Fsp3) is 0.333. The monoisotopic (exact) mass is 321 g/mol. The van der Waals surface area contributed by atoms with E-state index in [0.29, 0.717) is 6.54 Å². The number of para-hydroxylation sites is 1. The molecule has 0 bridgehead atoms. The highest BCUT2D eigenvalue weighted by Gasteiger charge is 2.16. The minimum atomic E-state index is -2.83. The van der Waals surface area contributed by atoms with Gasteiger partial charge in [-0.1, -0.05) is 49.4 Å². The first-order valence-corrected chi connectivity index (χ1v) is 7.59. The molecule has 0 spiro atoms. The summed E-state index contributed by atoms with van der Waals surface area (Å²) in [5.41, 5.74) is 2.65. The molecule has 3 nitrogen and oxygen atoms in total. The zero-order valence-electron chi connectivity index (χ0n) is 13.0. The minimum Gasteiger partial charge on any atom is -0.434 e. The maximum atomic E-state index is 12.5. The molecular formula is C18H21F2NO2. The van der Waals surface area contributed by atoms with E-state index in [0.717, 1.165) is 23.1 Å². The van der Waals surface area contributed by atoms with Crippen molar-refractivity contribution in [1.82, 2.24) is 5.32 Å². The van der Waals surface area contributed by atoms with Gasteiger partial charge < -0.3 is 15.2 Å². The number of rotatable bonds is 8. The smallest absolute Gasteiger partial charge is 0.387 e. The SMILES string of the molecule is CCC(NCc1ccc(CO)cc1)c1ccccc1OC(F)F. The molecule has 0 fully saturated rings. The van der Waals surface area contributed by atoms with Crippen LogP contribution in [0.15, 0.2) is 48.5 Å². The predicted octanol–water partition coefficient (Wildman–Crippen LogP) is 4.02. The second-order valence-corrected chi connectivity index (χ2v) is 5.23. The Kier molecular flexibility index (Phi) is 6.50. The highest BCUT2D eigenvalue weighted by Crippen LogP contribution is 2.28. The second kappa shape index (κ2) is 8.60. The Hall–Kier alpha value is -1.98. The molecule has 0 saturated heterocycles. The van der Waals surface area contributed by atoms with Crippen molar-refractivity contribution in [2.24, 2.45) is 0 Å². The summed E-state index contributed by atoms with van der Waals surface area (Å²) in [6, 6.07) is 14.4. The van der Waals surface area contributed by atoms with Crippen molar-refractivity contribution in [1.29, 1.82) is 0 Å². The van der Waals surface area contributed by atoms with Gasteiger partial charge in [0, 0.05) is 18.2 Å². The van der Waals surface area contributed by atoms with E-state index < -0.39 is 6.61 Å². The van der Waals surface area contributed by atoms with Gasteiger partial charge in [0.15, 0.2) is 0 Å². The van der Waals surface area contributed by atoms with Gasteiger partial charge in [-0.3, -0.25) is 0 Å². The molecule has 0 aliphatic rings. The maximum absolute atomic E-state index is 12.5. The Bertz CT molecular complexity index is 602. The maximum Gasteiger partial charge on any atom is 0.387 e. The van der Waals surface area contributed by atoms with E-state index >= 15 is 0 Å². The minimum absolute atomic E-state index is 0.0175. The van der Waals surface area contributed by atoms with Crippen LogP contribution >= 0.6 is 0 Å². The number of aliphatic hydroxyl groups excluding tert-OH is 1. The number of hydrogen-bond acceptors (Lipinski definition) is 3. The van der Waals surface area contributed by atoms with Crippen LogP contribution in [0.5, 0.6) is 5.75 Å². The summed E-state index contributed by atoms with van der Waals surface area (Å²) in [5.74, 6) is 0.206. The summed E-state index contributed by atoms with van der Waals surface area (Å²) in [4.78, 5) is 0. The third-order valence-electron chi connectivity index (χ3n) is 3.68. The van der Waals surface area contributed by atoms with Crippen molar-refractivity contribution in [3.8, 4) is 5.75 Å². The first-order valence-electron chi connectivity index (χ1n) is 7.59. The Morgan fingerprint density at radius 2 is 1.70 bits per heavy atom. The van der Waals surface area contributed by atoms with Crippen molar-refractivity contribution in [3.63, 3.8) is 0 Å². The summed E-state index contributed by atoms with van der Waals surface area (Å²) in [6.07, 6.45) is 0.748. The summed E-state index contributed by atoms with van der Waals surface area (Å²) in [6.45, 7) is -0.220. The third kappa shape index (κ3) is 5.01. The van der Waals surface area contributed by atoms with Crippen molar-refractivity contribution in [2.45, 2.75) is 39.1 Å². The first kappa shape index (κ1) is 17.4. The van der Waals surface area contributed by atoms with Crippen LogP contribution in [0.1, 0.15) is 36.1 Å². The average Bonchev–Trinajstić information content (AvgIpc) is 2.57. The Morgan fingerprint density at radius 3 is 2.30 bits per heavy atom. The van der Waals surface area contributed by atoms with Crippen LogP contribution < -0.4 is 10.1 Å². The van der Waals surface area contributed by atoms with Crippen LogP contribution in [0, 0.1) is 0 Å². The highest BCUT2D eigenvalue weighted by molar-refractivity contribution is 5.36. The quantitative estimate of drug-likeness (QED) is 0.771. The van der Waals surface area contributed by atoms with Crippen molar-refractivity contribution in [3.05, 3.63) is 65.2 Å². The summed E-state index contributed by atoms with van der Waals surface area (Å²) < 4.78 is 29.7. The zero-order valence-corrected chi connectivity index (χ0v) is 13.0. The van der Waals surface area contributed by atoms with Crippen LogP contribution in [-0.2, 0) is 13.2 Å². The number of nitrogens with one attached hydrogen (secondary N) is 1. The molecule has 0 aromatic heterocycles. The summed E-state index contributed by atoms with van der Waals surface area (Å²) >= 11 is 0. The van der Waals surface area contributed by atoms with Crippen molar-refractivity contribution in [2.75, 3.05) is 0 Å². The van der Waals surface area contributed by atoms with E-state index in [4.69, 9.17) is 5.11 Å². The molecule has 124 valence electrons. The molecular weight excluding hydrogens is 300 g/mol. The number of halogens is 2. The van der Waals surface area contributed by atoms with Crippen LogP contribution in [0.4, 0.5) is 8.78 Å². The molecule has 0 aliphatic heterocycles. The van der Waals surface area contributed by atoms with E-state index in [9.17, 15) is 8.78 Å².